The van der Waals surface area contributed by atoms with E-state index in [4.69, 9.17) is 0 Å². The third-order valence-corrected chi connectivity index (χ3v) is 3.18. The molecule has 0 spiro atoms. The predicted octanol–water partition coefficient (Wildman–Crippen LogP) is 1.59. The molecule has 0 aromatic heterocycles. The van der Waals surface area contributed by atoms with Crippen LogP contribution in [0.5, 0.6) is 0 Å². The third-order valence-electron chi connectivity index (χ3n) is 3.18. The van der Waals surface area contributed by atoms with Crippen LogP contribution in [0, 0.1) is 5.92 Å². The molecule has 1 rings (SSSR count). The molecule has 3 nitrogen and oxygen atoms in total. The van der Waals surface area contributed by atoms with E-state index in [1.54, 1.807) is 0 Å². The Morgan fingerprint density at radius 1 is 1.27 bits per heavy atom. The van der Waals surface area contributed by atoms with Crippen molar-refractivity contribution in [3.05, 3.63) is 0 Å². The van der Waals surface area contributed by atoms with Crippen molar-refractivity contribution in [3.63, 3.8) is 0 Å². The van der Waals surface area contributed by atoms with Gasteiger partial charge in [0.1, 0.15) is 0 Å². The zero-order valence-corrected chi connectivity index (χ0v) is 10.1. The minimum atomic E-state index is 0.799. The van der Waals surface area contributed by atoms with Gasteiger partial charge in [0.25, 0.3) is 0 Å². The molecule has 1 aliphatic heterocycles. The van der Waals surface area contributed by atoms with Crippen molar-refractivity contribution >= 4 is 6.41 Å². The normalized spacial score (nSPS) is 20.3. The van der Waals surface area contributed by atoms with Crippen LogP contribution in [0.4, 0.5) is 0 Å². The van der Waals surface area contributed by atoms with Crippen molar-refractivity contribution in [2.75, 3.05) is 32.7 Å². The number of nitrogens with zero attached hydrogens (tertiary/aromatic N) is 2. The number of carbonyl (C=O) groups is 1. The fourth-order valence-corrected chi connectivity index (χ4v) is 2.14. The Morgan fingerprint density at radius 2 is 1.93 bits per heavy atom. The standard InChI is InChI=1S/C12H24N2O/c1-3-4-5-12(2)10-13-6-8-14(11-15)9-7-13/h11-12H,3-10H2,1-2H3. The average Bonchev–Trinajstić information content (AvgIpc) is 2.27. The van der Waals surface area contributed by atoms with Crippen molar-refractivity contribution < 1.29 is 4.79 Å². The zero-order valence-electron chi connectivity index (χ0n) is 10.1. The maximum atomic E-state index is 10.5. The summed E-state index contributed by atoms with van der Waals surface area (Å²) in [7, 11) is 0. The second-order valence-corrected chi connectivity index (χ2v) is 4.69. The fraction of sp³-hybridized carbons (Fsp3) is 0.917. The molecule has 1 aliphatic rings. The molecule has 0 bridgehead atoms. The Labute approximate surface area is 93.4 Å². The van der Waals surface area contributed by atoms with Gasteiger partial charge in [0.15, 0.2) is 0 Å². The van der Waals surface area contributed by atoms with Gasteiger partial charge >= 0.3 is 0 Å². The molecule has 1 unspecified atom stereocenters. The van der Waals surface area contributed by atoms with E-state index in [0.29, 0.717) is 0 Å². The number of rotatable bonds is 6. The van der Waals surface area contributed by atoms with Crippen molar-refractivity contribution in [1.82, 2.24) is 9.80 Å². The second-order valence-electron chi connectivity index (χ2n) is 4.69. The number of carbonyl (C=O) groups excluding carboxylic acids is 1. The van der Waals surface area contributed by atoms with Crippen molar-refractivity contribution in [3.8, 4) is 0 Å². The topological polar surface area (TPSA) is 23.6 Å². The van der Waals surface area contributed by atoms with Crippen LogP contribution in [0.15, 0.2) is 0 Å². The summed E-state index contributed by atoms with van der Waals surface area (Å²) in [6, 6.07) is 0. The highest BCUT2D eigenvalue weighted by molar-refractivity contribution is 5.47. The zero-order chi connectivity index (χ0) is 11.1. The SMILES string of the molecule is CCCCC(C)CN1CCN(C=O)CC1. The Kier molecular flexibility index (Phi) is 5.69. The van der Waals surface area contributed by atoms with Gasteiger partial charge < -0.3 is 4.90 Å². The summed E-state index contributed by atoms with van der Waals surface area (Å²) in [4.78, 5) is 14.9. The average molecular weight is 212 g/mol. The minimum absolute atomic E-state index is 0.799. The molecular weight excluding hydrogens is 188 g/mol. The predicted molar refractivity (Wildman–Crippen MR) is 62.8 cm³/mol. The molecule has 1 fully saturated rings. The lowest BCUT2D eigenvalue weighted by Gasteiger charge is -2.34. The third kappa shape index (κ3) is 4.65. The van der Waals surface area contributed by atoms with Gasteiger partial charge in [-0.2, -0.15) is 0 Å². The first-order valence-corrected chi connectivity index (χ1v) is 6.18. The van der Waals surface area contributed by atoms with E-state index in [9.17, 15) is 4.79 Å². The van der Waals surface area contributed by atoms with Gasteiger partial charge in [-0.3, -0.25) is 9.69 Å². The van der Waals surface area contributed by atoms with E-state index >= 15 is 0 Å². The van der Waals surface area contributed by atoms with Gasteiger partial charge in [-0.25, -0.2) is 0 Å². The van der Waals surface area contributed by atoms with Crippen LogP contribution < -0.4 is 0 Å². The van der Waals surface area contributed by atoms with Crippen molar-refractivity contribution in [1.29, 1.82) is 0 Å². The Balaban J connectivity index is 2.14. The van der Waals surface area contributed by atoms with Crippen molar-refractivity contribution in [2.45, 2.75) is 33.1 Å². The highest BCUT2D eigenvalue weighted by atomic mass is 16.1. The van der Waals surface area contributed by atoms with Crippen LogP contribution >= 0.6 is 0 Å². The summed E-state index contributed by atoms with van der Waals surface area (Å²) in [5.41, 5.74) is 0. The highest BCUT2D eigenvalue weighted by Gasteiger charge is 2.16. The highest BCUT2D eigenvalue weighted by Crippen LogP contribution is 2.11. The first-order chi connectivity index (χ1) is 7.26. The molecule has 0 aromatic carbocycles. The van der Waals surface area contributed by atoms with Crippen LogP contribution in [-0.2, 0) is 4.79 Å². The number of hydrogen-bond acceptors (Lipinski definition) is 2. The van der Waals surface area contributed by atoms with Crippen LogP contribution in [-0.4, -0.2) is 48.9 Å². The van der Waals surface area contributed by atoms with E-state index in [2.05, 4.69) is 18.7 Å². The molecule has 1 atom stereocenters. The lowest BCUT2D eigenvalue weighted by Crippen LogP contribution is -2.46. The molecule has 0 aromatic rings. The van der Waals surface area contributed by atoms with Crippen LogP contribution in [0.2, 0.25) is 0 Å². The number of hydrogen-bond donors (Lipinski definition) is 0. The van der Waals surface area contributed by atoms with Gasteiger partial charge in [0.05, 0.1) is 0 Å². The number of unbranched alkanes of at least 4 members (excludes halogenated alkanes) is 1. The molecule has 1 heterocycles. The number of amides is 1. The maximum absolute atomic E-state index is 10.5. The van der Waals surface area contributed by atoms with E-state index < -0.39 is 0 Å². The number of piperazine rings is 1. The van der Waals surface area contributed by atoms with Gasteiger partial charge in [-0.1, -0.05) is 26.7 Å². The van der Waals surface area contributed by atoms with Crippen LogP contribution in [0.1, 0.15) is 33.1 Å². The van der Waals surface area contributed by atoms with E-state index in [0.717, 1.165) is 38.5 Å². The smallest absolute Gasteiger partial charge is 0.209 e. The Hall–Kier alpha value is -0.570. The molecule has 0 aliphatic carbocycles. The summed E-state index contributed by atoms with van der Waals surface area (Å²) in [5.74, 6) is 0.799. The Bertz CT molecular complexity index is 176. The molecule has 88 valence electrons. The van der Waals surface area contributed by atoms with Gasteiger partial charge in [-0.05, 0) is 12.3 Å². The lowest BCUT2D eigenvalue weighted by molar-refractivity contribution is -0.119. The first-order valence-electron chi connectivity index (χ1n) is 6.18. The van der Waals surface area contributed by atoms with Crippen molar-refractivity contribution in [2.24, 2.45) is 5.92 Å². The fourth-order valence-electron chi connectivity index (χ4n) is 2.14. The van der Waals surface area contributed by atoms with E-state index in [1.165, 1.54) is 25.8 Å². The quantitative estimate of drug-likeness (QED) is 0.624. The molecule has 15 heavy (non-hydrogen) atoms. The lowest BCUT2D eigenvalue weighted by atomic mass is 10.0. The van der Waals surface area contributed by atoms with E-state index in [-0.39, 0.29) is 0 Å². The van der Waals surface area contributed by atoms with E-state index in [1.807, 2.05) is 4.90 Å². The maximum Gasteiger partial charge on any atom is 0.209 e. The molecule has 0 radical (unpaired) electrons. The Morgan fingerprint density at radius 3 is 2.47 bits per heavy atom. The minimum Gasteiger partial charge on any atom is -0.343 e. The van der Waals surface area contributed by atoms with Crippen LogP contribution in [0.25, 0.3) is 0 Å². The molecule has 1 amide bonds. The molecular formula is C12H24N2O. The molecule has 1 saturated heterocycles. The second kappa shape index (κ2) is 6.83. The first kappa shape index (κ1) is 12.5. The monoisotopic (exact) mass is 212 g/mol. The molecule has 3 heteroatoms. The summed E-state index contributed by atoms with van der Waals surface area (Å²) < 4.78 is 0. The van der Waals surface area contributed by atoms with Gasteiger partial charge in [0.2, 0.25) is 6.41 Å². The van der Waals surface area contributed by atoms with Gasteiger partial charge in [0, 0.05) is 32.7 Å². The summed E-state index contributed by atoms with van der Waals surface area (Å²) in [6.07, 6.45) is 4.95. The summed E-state index contributed by atoms with van der Waals surface area (Å²) in [5, 5.41) is 0. The van der Waals surface area contributed by atoms with Gasteiger partial charge in [-0.15, -0.1) is 0 Å². The summed E-state index contributed by atoms with van der Waals surface area (Å²) in [6.45, 7) is 9.70. The largest absolute Gasteiger partial charge is 0.343 e. The summed E-state index contributed by atoms with van der Waals surface area (Å²) >= 11 is 0. The molecule has 0 saturated carbocycles. The van der Waals surface area contributed by atoms with Crippen LogP contribution in [0.3, 0.4) is 0 Å². The molecule has 0 N–H and O–H groups in total.